The molecule has 0 aromatic carbocycles. The van der Waals surface area contributed by atoms with Crippen LogP contribution in [-0.2, 0) is 17.8 Å². The molecule has 3 atom stereocenters. The van der Waals surface area contributed by atoms with Gasteiger partial charge in [-0.3, -0.25) is 14.3 Å². The van der Waals surface area contributed by atoms with E-state index in [-0.39, 0.29) is 19.6 Å². The van der Waals surface area contributed by atoms with Gasteiger partial charge < -0.3 is 4.90 Å². The normalized spacial score (nSPS) is 24.4. The molecule has 0 bridgehead atoms. The van der Waals surface area contributed by atoms with E-state index in [4.69, 9.17) is 23.2 Å². The Balaban J connectivity index is 1.63. The van der Waals surface area contributed by atoms with Crippen molar-refractivity contribution < 1.29 is 13.6 Å². The molecule has 0 aliphatic carbocycles. The van der Waals surface area contributed by atoms with Gasteiger partial charge in [-0.15, -0.1) is 0 Å². The lowest BCUT2D eigenvalue weighted by molar-refractivity contribution is -0.134. The van der Waals surface area contributed by atoms with Crippen molar-refractivity contribution in [2.24, 2.45) is 0 Å². The number of amides is 1. The summed E-state index contributed by atoms with van der Waals surface area (Å²) in [5.74, 6) is 0.0144. The van der Waals surface area contributed by atoms with Crippen LogP contribution in [0.1, 0.15) is 30.4 Å². The van der Waals surface area contributed by atoms with Crippen LogP contribution in [0.4, 0.5) is 8.78 Å². The molecule has 1 fully saturated rings. The molecule has 0 N–H and O–H groups in total. The second-order valence-corrected chi connectivity index (χ2v) is 7.84. The topological polar surface area (TPSA) is 73.0 Å². The van der Waals surface area contributed by atoms with Crippen LogP contribution in [-0.4, -0.2) is 55.6 Å². The molecule has 7 nitrogen and oxygen atoms in total. The molecule has 4 rings (SSSR count). The van der Waals surface area contributed by atoms with Crippen molar-refractivity contribution >= 4 is 29.1 Å². The number of rotatable bonds is 3. The average Bonchev–Trinajstić information content (AvgIpc) is 3.16. The van der Waals surface area contributed by atoms with Gasteiger partial charge in [0.1, 0.15) is 11.9 Å². The van der Waals surface area contributed by atoms with Gasteiger partial charge in [0, 0.05) is 12.6 Å². The Morgan fingerprint density at radius 2 is 1.96 bits per heavy atom. The molecule has 0 saturated carbocycles. The van der Waals surface area contributed by atoms with E-state index in [0.29, 0.717) is 40.8 Å². The van der Waals surface area contributed by atoms with Gasteiger partial charge in [-0.25, -0.2) is 18.3 Å². The Morgan fingerprint density at radius 3 is 2.64 bits per heavy atom. The standard InChI is InChI=1S/C17H17Cl2F2N5O2/c18-9-4-10(19)13(22-5-9)8-25-17(28)26-14(2-1-3-15(26)23-25)16(27)24-6-11(20)12(21)7-24/h4-5,11-12,14H,1-3,6-8H2/t11-,12+,14-/m0/s1. The molecular formula is C17H17Cl2F2N5O2. The molecule has 1 amide bonds. The van der Waals surface area contributed by atoms with E-state index in [1.165, 1.54) is 21.5 Å². The van der Waals surface area contributed by atoms with Gasteiger partial charge in [-0.05, 0) is 18.9 Å². The van der Waals surface area contributed by atoms with Crippen LogP contribution in [0.15, 0.2) is 17.1 Å². The first-order chi connectivity index (χ1) is 13.3. The van der Waals surface area contributed by atoms with E-state index in [0.717, 1.165) is 4.90 Å². The fourth-order valence-corrected chi connectivity index (χ4v) is 4.12. The molecule has 2 aromatic heterocycles. The van der Waals surface area contributed by atoms with E-state index in [2.05, 4.69) is 10.1 Å². The molecule has 0 radical (unpaired) electrons. The summed E-state index contributed by atoms with van der Waals surface area (Å²) >= 11 is 12.0. The highest BCUT2D eigenvalue weighted by Crippen LogP contribution is 2.27. The molecule has 150 valence electrons. The molecular weight excluding hydrogens is 415 g/mol. The van der Waals surface area contributed by atoms with Gasteiger partial charge in [0.25, 0.3) is 0 Å². The maximum absolute atomic E-state index is 13.5. The van der Waals surface area contributed by atoms with E-state index < -0.39 is 30.0 Å². The summed E-state index contributed by atoms with van der Waals surface area (Å²) in [5.41, 5.74) is -0.0553. The lowest BCUT2D eigenvalue weighted by atomic mass is 10.0. The predicted molar refractivity (Wildman–Crippen MR) is 98.2 cm³/mol. The average molecular weight is 432 g/mol. The van der Waals surface area contributed by atoms with E-state index in [9.17, 15) is 18.4 Å². The second-order valence-electron chi connectivity index (χ2n) is 6.99. The molecule has 0 spiro atoms. The molecule has 11 heteroatoms. The summed E-state index contributed by atoms with van der Waals surface area (Å²) in [6, 6.07) is 0.712. The Bertz CT molecular complexity index is 969. The third-order valence-corrected chi connectivity index (χ3v) is 5.63. The minimum absolute atomic E-state index is 0.0264. The quantitative estimate of drug-likeness (QED) is 0.746. The first-order valence-electron chi connectivity index (χ1n) is 8.90. The summed E-state index contributed by atoms with van der Waals surface area (Å²) in [6.45, 7) is -0.559. The molecule has 2 aliphatic heterocycles. The smallest absolute Gasteiger partial charge is 0.335 e. The zero-order valence-electron chi connectivity index (χ0n) is 14.7. The van der Waals surface area contributed by atoms with E-state index >= 15 is 0 Å². The number of hydrogen-bond donors (Lipinski definition) is 0. The minimum atomic E-state index is -1.69. The first kappa shape index (κ1) is 19.3. The second kappa shape index (κ2) is 7.44. The summed E-state index contributed by atoms with van der Waals surface area (Å²) in [7, 11) is 0. The monoisotopic (exact) mass is 431 g/mol. The number of carbonyl (C=O) groups is 1. The lowest BCUT2D eigenvalue weighted by Crippen LogP contribution is -2.42. The molecule has 2 aliphatic rings. The van der Waals surface area contributed by atoms with Crippen LogP contribution in [0.25, 0.3) is 0 Å². The van der Waals surface area contributed by atoms with Crippen LogP contribution >= 0.6 is 23.2 Å². The van der Waals surface area contributed by atoms with Gasteiger partial charge in [0.15, 0.2) is 12.3 Å². The third-order valence-electron chi connectivity index (χ3n) is 5.09. The Morgan fingerprint density at radius 1 is 1.25 bits per heavy atom. The van der Waals surface area contributed by atoms with Crippen LogP contribution in [0.2, 0.25) is 10.0 Å². The zero-order valence-corrected chi connectivity index (χ0v) is 16.2. The van der Waals surface area contributed by atoms with Crippen LogP contribution in [0.5, 0.6) is 0 Å². The number of halogens is 4. The van der Waals surface area contributed by atoms with Crippen LogP contribution in [0.3, 0.4) is 0 Å². The number of aryl methyl sites for hydroxylation is 1. The molecule has 2 aromatic rings. The largest absolute Gasteiger partial charge is 0.347 e. The first-order valence-corrected chi connectivity index (χ1v) is 9.66. The highest BCUT2D eigenvalue weighted by Gasteiger charge is 2.40. The van der Waals surface area contributed by atoms with Gasteiger partial charge in [0.05, 0.1) is 35.4 Å². The van der Waals surface area contributed by atoms with Crippen molar-refractivity contribution in [1.82, 2.24) is 24.2 Å². The number of aromatic nitrogens is 4. The lowest BCUT2D eigenvalue weighted by Gasteiger charge is -2.26. The van der Waals surface area contributed by atoms with Gasteiger partial charge in [-0.2, -0.15) is 5.10 Å². The highest BCUT2D eigenvalue weighted by molar-refractivity contribution is 6.34. The number of alkyl halides is 2. The van der Waals surface area contributed by atoms with E-state index in [1.807, 2.05) is 0 Å². The Kier molecular flexibility index (Phi) is 5.13. The molecule has 0 unspecified atom stereocenters. The number of carbonyl (C=O) groups excluding carboxylic acids is 1. The maximum Gasteiger partial charge on any atom is 0.347 e. The van der Waals surface area contributed by atoms with Gasteiger partial charge >= 0.3 is 5.69 Å². The number of likely N-dealkylation sites (tertiary alicyclic amines) is 1. The summed E-state index contributed by atoms with van der Waals surface area (Å²) < 4.78 is 29.5. The Labute approximate surface area is 168 Å². The zero-order chi connectivity index (χ0) is 20.0. The number of hydrogen-bond acceptors (Lipinski definition) is 4. The fraction of sp³-hybridized carbons (Fsp3) is 0.529. The third kappa shape index (κ3) is 3.41. The summed E-state index contributed by atoms with van der Waals surface area (Å²) in [5, 5.41) is 4.99. The van der Waals surface area contributed by atoms with E-state index in [1.54, 1.807) is 0 Å². The van der Waals surface area contributed by atoms with Crippen molar-refractivity contribution in [2.75, 3.05) is 13.1 Å². The molecule has 28 heavy (non-hydrogen) atoms. The van der Waals surface area contributed by atoms with Gasteiger partial charge in [-0.1, -0.05) is 23.2 Å². The van der Waals surface area contributed by atoms with Crippen molar-refractivity contribution in [3.05, 3.63) is 44.3 Å². The number of pyridine rings is 1. The van der Waals surface area contributed by atoms with Crippen LogP contribution in [0, 0.1) is 0 Å². The number of fused-ring (bicyclic) bond motifs is 1. The SMILES string of the molecule is O=C([C@@H]1CCCc2nn(Cc3ncc(Cl)cc3Cl)c(=O)n21)N1C[C@@H](F)[C@@H](F)C1. The number of nitrogens with zero attached hydrogens (tertiary/aromatic N) is 5. The van der Waals surface area contributed by atoms with Crippen molar-refractivity contribution in [3.63, 3.8) is 0 Å². The minimum Gasteiger partial charge on any atom is -0.335 e. The van der Waals surface area contributed by atoms with Gasteiger partial charge in [0.2, 0.25) is 5.91 Å². The molecule has 4 heterocycles. The Hall–Kier alpha value is -2.00. The molecule has 1 saturated heterocycles. The highest BCUT2D eigenvalue weighted by atomic mass is 35.5. The van der Waals surface area contributed by atoms with Crippen LogP contribution < -0.4 is 5.69 Å². The summed E-state index contributed by atoms with van der Waals surface area (Å²) in [6.07, 6.45) is -0.357. The van der Waals surface area contributed by atoms with Crippen molar-refractivity contribution in [2.45, 2.75) is 44.2 Å². The fourth-order valence-electron chi connectivity index (χ4n) is 3.68. The van der Waals surface area contributed by atoms with Crippen molar-refractivity contribution in [1.29, 1.82) is 0 Å². The van der Waals surface area contributed by atoms with Crippen molar-refractivity contribution in [3.8, 4) is 0 Å². The maximum atomic E-state index is 13.5. The predicted octanol–water partition coefficient (Wildman–Crippen LogP) is 2.19. The summed E-state index contributed by atoms with van der Waals surface area (Å²) in [4.78, 5) is 31.0.